The maximum Gasteiger partial charge on any atom is 0.409 e. The molecule has 3 rings (SSSR count). The Morgan fingerprint density at radius 2 is 2.03 bits per heavy atom. The fraction of sp³-hybridized carbons (Fsp3) is 0.636. The molecule has 2 heterocycles. The predicted octanol–water partition coefficient (Wildman–Crippen LogP) is 4.22. The molecule has 8 nitrogen and oxygen atoms in total. The van der Waals surface area contributed by atoms with Gasteiger partial charge < -0.3 is 14.4 Å². The molecule has 1 amide bonds. The molecule has 2 aromatic rings. The van der Waals surface area contributed by atoms with Crippen molar-refractivity contribution in [2.45, 2.75) is 64.6 Å². The average molecular weight is 434 g/mol. The number of hydrogen-bond donors (Lipinski definition) is 0. The van der Waals surface area contributed by atoms with Gasteiger partial charge in [0.2, 0.25) is 0 Å². The van der Waals surface area contributed by atoms with Gasteiger partial charge in [-0.25, -0.2) is 14.5 Å². The first-order chi connectivity index (χ1) is 15.0. The summed E-state index contributed by atoms with van der Waals surface area (Å²) in [5.41, 5.74) is 2.68. The summed E-state index contributed by atoms with van der Waals surface area (Å²) >= 11 is 0. The number of aromatic nitrogens is 4. The predicted molar refractivity (Wildman–Crippen MR) is 114 cm³/mol. The van der Waals surface area contributed by atoms with E-state index in [9.17, 15) is 9.18 Å². The van der Waals surface area contributed by atoms with Crippen LogP contribution >= 0.6 is 0 Å². The Hall–Kier alpha value is -2.71. The highest BCUT2D eigenvalue weighted by Crippen LogP contribution is 2.28. The van der Waals surface area contributed by atoms with Crippen LogP contribution in [0.2, 0.25) is 0 Å². The minimum absolute atomic E-state index is 0.0200. The van der Waals surface area contributed by atoms with E-state index in [1.807, 2.05) is 19.1 Å². The van der Waals surface area contributed by atoms with Crippen LogP contribution < -0.4 is 4.74 Å². The van der Waals surface area contributed by atoms with Crippen LogP contribution in [0.15, 0.2) is 12.1 Å². The number of aryl methyl sites for hydroxylation is 2. The zero-order valence-corrected chi connectivity index (χ0v) is 18.6. The molecule has 2 aromatic heterocycles. The lowest BCUT2D eigenvalue weighted by Crippen LogP contribution is -2.28. The first kappa shape index (κ1) is 23.0. The molecule has 0 N–H and O–H groups in total. The van der Waals surface area contributed by atoms with Crippen LogP contribution in [0.4, 0.5) is 9.18 Å². The number of amides is 1. The van der Waals surface area contributed by atoms with Gasteiger partial charge in [0.25, 0.3) is 0 Å². The van der Waals surface area contributed by atoms with Gasteiger partial charge in [0.15, 0.2) is 0 Å². The highest BCUT2D eigenvalue weighted by Gasteiger charge is 2.20. The van der Waals surface area contributed by atoms with Gasteiger partial charge >= 0.3 is 6.09 Å². The van der Waals surface area contributed by atoms with E-state index >= 15 is 0 Å². The second-order valence-corrected chi connectivity index (χ2v) is 8.04. The standard InChI is InChI=1S/C22H32FN5O3/c1-16-20(31-17-9-5-4-6-10-17)12-11-18(24-16)21-19(28(3)26-25-21)15-30-22(29)27(2)14-8-7-13-23/h11-12,17H,4-10,13-15H2,1-3H3. The number of ether oxygens (including phenoxy) is 2. The summed E-state index contributed by atoms with van der Waals surface area (Å²) in [6.45, 7) is 2.00. The molecule has 1 aliphatic carbocycles. The van der Waals surface area contributed by atoms with Gasteiger partial charge in [-0.05, 0) is 57.6 Å². The summed E-state index contributed by atoms with van der Waals surface area (Å²) in [6, 6.07) is 3.79. The normalized spacial score (nSPS) is 14.5. The van der Waals surface area contributed by atoms with E-state index in [-0.39, 0.29) is 19.4 Å². The van der Waals surface area contributed by atoms with E-state index in [0.29, 0.717) is 36.5 Å². The largest absolute Gasteiger partial charge is 0.489 e. The van der Waals surface area contributed by atoms with Crippen molar-refractivity contribution in [2.24, 2.45) is 7.05 Å². The Morgan fingerprint density at radius 3 is 2.74 bits per heavy atom. The van der Waals surface area contributed by atoms with Gasteiger partial charge in [-0.15, -0.1) is 5.10 Å². The Bertz CT molecular complexity index is 867. The van der Waals surface area contributed by atoms with Crippen molar-refractivity contribution >= 4 is 6.09 Å². The summed E-state index contributed by atoms with van der Waals surface area (Å²) in [5.74, 6) is 0.794. The van der Waals surface area contributed by atoms with Gasteiger partial charge in [0.1, 0.15) is 23.7 Å². The number of unbranched alkanes of at least 4 members (excludes halogenated alkanes) is 1. The van der Waals surface area contributed by atoms with E-state index in [4.69, 9.17) is 9.47 Å². The van der Waals surface area contributed by atoms with Crippen LogP contribution in [0.1, 0.15) is 56.3 Å². The van der Waals surface area contributed by atoms with Crippen LogP contribution in [0, 0.1) is 6.92 Å². The van der Waals surface area contributed by atoms with E-state index in [0.717, 1.165) is 24.3 Å². The number of alkyl halides is 1. The lowest BCUT2D eigenvalue weighted by Gasteiger charge is -2.23. The van der Waals surface area contributed by atoms with E-state index < -0.39 is 6.09 Å². The molecule has 0 bridgehead atoms. The van der Waals surface area contributed by atoms with Crippen molar-refractivity contribution in [1.29, 1.82) is 0 Å². The van der Waals surface area contributed by atoms with Crippen molar-refractivity contribution in [3.63, 3.8) is 0 Å². The molecule has 0 saturated heterocycles. The zero-order chi connectivity index (χ0) is 22.2. The minimum Gasteiger partial charge on any atom is -0.489 e. The first-order valence-corrected chi connectivity index (χ1v) is 11.0. The van der Waals surface area contributed by atoms with E-state index in [2.05, 4.69) is 15.3 Å². The van der Waals surface area contributed by atoms with Gasteiger partial charge in [-0.3, -0.25) is 4.39 Å². The van der Waals surface area contributed by atoms with Gasteiger partial charge in [-0.2, -0.15) is 0 Å². The third-order valence-electron chi connectivity index (χ3n) is 5.59. The molecule has 0 atom stereocenters. The van der Waals surface area contributed by atoms with Gasteiger partial charge in [-0.1, -0.05) is 11.6 Å². The van der Waals surface area contributed by atoms with Crippen molar-refractivity contribution in [1.82, 2.24) is 24.9 Å². The van der Waals surface area contributed by atoms with Crippen LogP contribution in [0.3, 0.4) is 0 Å². The van der Waals surface area contributed by atoms with Crippen LogP contribution in [0.25, 0.3) is 11.4 Å². The Morgan fingerprint density at radius 1 is 1.26 bits per heavy atom. The van der Waals surface area contributed by atoms with Crippen molar-refractivity contribution in [3.05, 3.63) is 23.5 Å². The maximum atomic E-state index is 12.2. The number of pyridine rings is 1. The topological polar surface area (TPSA) is 82.4 Å². The molecule has 0 spiro atoms. The number of halogens is 1. The molecule has 170 valence electrons. The summed E-state index contributed by atoms with van der Waals surface area (Å²) in [4.78, 5) is 18.3. The van der Waals surface area contributed by atoms with Crippen molar-refractivity contribution in [2.75, 3.05) is 20.3 Å². The van der Waals surface area contributed by atoms with Gasteiger partial charge in [0.05, 0.1) is 24.2 Å². The average Bonchev–Trinajstić information content (AvgIpc) is 3.14. The number of carbonyl (C=O) groups is 1. The molecule has 9 heteroatoms. The van der Waals surface area contributed by atoms with Crippen LogP contribution in [-0.4, -0.2) is 57.3 Å². The smallest absolute Gasteiger partial charge is 0.409 e. The van der Waals surface area contributed by atoms with Crippen LogP contribution in [0.5, 0.6) is 5.75 Å². The lowest BCUT2D eigenvalue weighted by atomic mass is 9.98. The SMILES string of the molecule is Cc1nc(-c2nnn(C)c2COC(=O)N(C)CCCCF)ccc1OC1CCCCC1. The second-order valence-electron chi connectivity index (χ2n) is 8.04. The second kappa shape index (κ2) is 11.1. The van der Waals surface area contributed by atoms with E-state index in [1.54, 1.807) is 18.8 Å². The molecule has 0 aromatic carbocycles. The zero-order valence-electron chi connectivity index (χ0n) is 18.6. The molecule has 0 aliphatic heterocycles. The summed E-state index contributed by atoms with van der Waals surface area (Å²) in [6.07, 6.45) is 6.69. The number of rotatable bonds is 9. The highest BCUT2D eigenvalue weighted by molar-refractivity contribution is 5.67. The van der Waals surface area contributed by atoms with Gasteiger partial charge in [0, 0.05) is 20.6 Å². The molecule has 1 saturated carbocycles. The molecule has 31 heavy (non-hydrogen) atoms. The van der Waals surface area contributed by atoms with Crippen molar-refractivity contribution in [3.8, 4) is 17.1 Å². The minimum atomic E-state index is -0.466. The van der Waals surface area contributed by atoms with Crippen molar-refractivity contribution < 1.29 is 18.7 Å². The molecule has 1 aliphatic rings. The molecule has 0 radical (unpaired) electrons. The van der Waals surface area contributed by atoms with E-state index in [1.165, 1.54) is 24.2 Å². The molecular weight excluding hydrogens is 401 g/mol. The molecular formula is C22H32FN5O3. The maximum absolute atomic E-state index is 12.2. The third-order valence-corrected chi connectivity index (χ3v) is 5.59. The number of carbonyl (C=O) groups excluding carboxylic acids is 1. The first-order valence-electron chi connectivity index (χ1n) is 11.0. The quantitative estimate of drug-likeness (QED) is 0.551. The third kappa shape index (κ3) is 6.15. The molecule has 0 unspecified atom stereocenters. The number of hydrogen-bond acceptors (Lipinski definition) is 6. The fourth-order valence-electron chi connectivity index (χ4n) is 3.68. The Labute approximate surface area is 182 Å². The molecule has 1 fully saturated rings. The summed E-state index contributed by atoms with van der Waals surface area (Å²) in [7, 11) is 3.39. The monoisotopic (exact) mass is 433 g/mol. The summed E-state index contributed by atoms with van der Waals surface area (Å²) in [5, 5.41) is 8.29. The summed E-state index contributed by atoms with van der Waals surface area (Å²) < 4.78 is 25.4. The number of nitrogens with zero attached hydrogens (tertiary/aromatic N) is 5. The highest BCUT2D eigenvalue weighted by atomic mass is 19.1. The fourth-order valence-corrected chi connectivity index (χ4v) is 3.68. The van der Waals surface area contributed by atoms with Crippen LogP contribution in [-0.2, 0) is 18.4 Å². The Kier molecular flexibility index (Phi) is 8.20. The Balaban J connectivity index is 1.65. The lowest BCUT2D eigenvalue weighted by molar-refractivity contribution is 0.102.